The lowest BCUT2D eigenvalue weighted by Crippen LogP contribution is -2.24. The number of ketones is 1. The quantitative estimate of drug-likeness (QED) is 0.844. The average Bonchev–Trinajstić information content (AvgIpc) is 3.27. The summed E-state index contributed by atoms with van der Waals surface area (Å²) >= 11 is 6.32. The number of carbonyl (C=O) groups is 1. The van der Waals surface area contributed by atoms with Crippen molar-refractivity contribution in [3.8, 4) is 0 Å². The summed E-state index contributed by atoms with van der Waals surface area (Å²) in [6.07, 6.45) is 2.24. The summed E-state index contributed by atoms with van der Waals surface area (Å²) in [6.45, 7) is 4.63. The SMILES string of the molecule is CCn1nc(C)c(Cl)c1CC(=O)C1(c2ccccc2)CC1. The van der Waals surface area contributed by atoms with E-state index in [0.29, 0.717) is 11.4 Å². The van der Waals surface area contributed by atoms with Crippen LogP contribution in [0, 0.1) is 6.92 Å². The standard InChI is InChI=1S/C17H19ClN2O/c1-3-20-14(16(18)12(2)19-20)11-15(21)17(9-10-17)13-7-5-4-6-8-13/h4-8H,3,9-11H2,1-2H3. The Morgan fingerprint density at radius 1 is 1.33 bits per heavy atom. The summed E-state index contributed by atoms with van der Waals surface area (Å²) in [6, 6.07) is 10.1. The molecule has 1 heterocycles. The molecule has 0 unspecified atom stereocenters. The van der Waals surface area contributed by atoms with Crippen molar-refractivity contribution in [2.45, 2.75) is 45.1 Å². The van der Waals surface area contributed by atoms with Crippen molar-refractivity contribution in [3.63, 3.8) is 0 Å². The molecular formula is C17H19ClN2O. The van der Waals surface area contributed by atoms with Gasteiger partial charge in [0.05, 0.1) is 28.2 Å². The van der Waals surface area contributed by atoms with E-state index in [9.17, 15) is 4.79 Å². The molecule has 4 heteroatoms. The monoisotopic (exact) mass is 302 g/mol. The highest BCUT2D eigenvalue weighted by atomic mass is 35.5. The number of hydrogen-bond acceptors (Lipinski definition) is 2. The van der Waals surface area contributed by atoms with Crippen LogP contribution in [0.5, 0.6) is 0 Å². The number of aryl methyl sites for hydroxylation is 2. The second-order valence-corrected chi connectivity index (χ2v) is 6.09. The van der Waals surface area contributed by atoms with Crippen molar-refractivity contribution in [1.29, 1.82) is 0 Å². The van der Waals surface area contributed by atoms with Crippen LogP contribution in [0.15, 0.2) is 30.3 Å². The molecule has 1 fully saturated rings. The Balaban J connectivity index is 1.88. The molecule has 0 spiro atoms. The van der Waals surface area contributed by atoms with E-state index < -0.39 is 0 Å². The van der Waals surface area contributed by atoms with Crippen LogP contribution in [-0.2, 0) is 23.2 Å². The smallest absolute Gasteiger partial charge is 0.149 e. The fourth-order valence-electron chi connectivity index (χ4n) is 2.97. The number of aromatic nitrogens is 2. The van der Waals surface area contributed by atoms with Crippen LogP contribution in [0.3, 0.4) is 0 Å². The van der Waals surface area contributed by atoms with E-state index in [2.05, 4.69) is 17.2 Å². The molecule has 0 bridgehead atoms. The number of halogens is 1. The van der Waals surface area contributed by atoms with E-state index in [0.717, 1.165) is 36.3 Å². The molecule has 1 saturated carbocycles. The highest BCUT2D eigenvalue weighted by Crippen LogP contribution is 2.49. The minimum absolute atomic E-state index is 0.255. The molecule has 3 nitrogen and oxygen atoms in total. The Morgan fingerprint density at radius 2 is 2.00 bits per heavy atom. The van der Waals surface area contributed by atoms with Crippen molar-refractivity contribution in [2.24, 2.45) is 0 Å². The van der Waals surface area contributed by atoms with Gasteiger partial charge in [0.1, 0.15) is 5.78 Å². The van der Waals surface area contributed by atoms with Crippen LogP contribution in [0.2, 0.25) is 5.02 Å². The Labute approximate surface area is 129 Å². The van der Waals surface area contributed by atoms with Gasteiger partial charge in [0.15, 0.2) is 0 Å². The summed E-state index contributed by atoms with van der Waals surface area (Å²) in [5.74, 6) is 0.255. The van der Waals surface area contributed by atoms with Crippen LogP contribution < -0.4 is 0 Å². The largest absolute Gasteiger partial charge is 0.298 e. The molecule has 1 aromatic heterocycles. The normalized spacial score (nSPS) is 16.0. The van der Waals surface area contributed by atoms with Crippen molar-refractivity contribution < 1.29 is 4.79 Å². The second kappa shape index (κ2) is 5.30. The average molecular weight is 303 g/mol. The van der Waals surface area contributed by atoms with Crippen LogP contribution >= 0.6 is 11.6 Å². The Kier molecular flexibility index (Phi) is 3.62. The summed E-state index contributed by atoms with van der Waals surface area (Å²) in [5.41, 5.74) is 2.49. The fourth-order valence-corrected chi connectivity index (χ4v) is 3.17. The van der Waals surface area contributed by atoms with Crippen molar-refractivity contribution in [1.82, 2.24) is 9.78 Å². The molecule has 2 aromatic rings. The van der Waals surface area contributed by atoms with Crippen molar-refractivity contribution in [3.05, 3.63) is 52.3 Å². The molecule has 0 aliphatic heterocycles. The summed E-state index contributed by atoms with van der Waals surface area (Å²) < 4.78 is 1.84. The molecule has 0 saturated heterocycles. The van der Waals surface area contributed by atoms with E-state index in [1.165, 1.54) is 0 Å². The Bertz CT molecular complexity index is 672. The van der Waals surface area contributed by atoms with Gasteiger partial charge in [-0.3, -0.25) is 9.48 Å². The molecule has 1 aromatic carbocycles. The van der Waals surface area contributed by atoms with E-state index in [-0.39, 0.29) is 11.2 Å². The number of hydrogen-bond donors (Lipinski definition) is 0. The first-order chi connectivity index (χ1) is 10.1. The summed E-state index contributed by atoms with van der Waals surface area (Å²) in [4.78, 5) is 12.8. The Morgan fingerprint density at radius 3 is 2.57 bits per heavy atom. The second-order valence-electron chi connectivity index (χ2n) is 5.71. The molecule has 3 rings (SSSR count). The van der Waals surface area contributed by atoms with Crippen LogP contribution in [-0.4, -0.2) is 15.6 Å². The maximum atomic E-state index is 12.8. The van der Waals surface area contributed by atoms with Crippen LogP contribution in [0.1, 0.15) is 36.7 Å². The number of carbonyl (C=O) groups excluding carboxylic acids is 1. The van der Waals surface area contributed by atoms with Gasteiger partial charge in [-0.25, -0.2) is 0 Å². The maximum Gasteiger partial charge on any atom is 0.149 e. The van der Waals surface area contributed by atoms with E-state index >= 15 is 0 Å². The van der Waals surface area contributed by atoms with Gasteiger partial charge < -0.3 is 0 Å². The molecule has 0 N–H and O–H groups in total. The van der Waals surface area contributed by atoms with Gasteiger partial charge in [-0.2, -0.15) is 5.10 Å². The minimum atomic E-state index is -0.290. The number of rotatable bonds is 5. The minimum Gasteiger partial charge on any atom is -0.298 e. The van der Waals surface area contributed by atoms with Crippen molar-refractivity contribution >= 4 is 17.4 Å². The van der Waals surface area contributed by atoms with E-state index in [1.807, 2.05) is 36.7 Å². The van der Waals surface area contributed by atoms with Crippen molar-refractivity contribution in [2.75, 3.05) is 0 Å². The molecule has 0 amide bonds. The highest BCUT2D eigenvalue weighted by Gasteiger charge is 2.50. The Hall–Kier alpha value is -1.61. The van der Waals surface area contributed by atoms with Gasteiger partial charge >= 0.3 is 0 Å². The molecule has 1 aliphatic rings. The third kappa shape index (κ3) is 2.40. The zero-order chi connectivity index (χ0) is 15.0. The first kappa shape index (κ1) is 14.3. The van der Waals surface area contributed by atoms with Gasteiger partial charge in [0, 0.05) is 6.54 Å². The molecule has 110 valence electrons. The first-order valence-electron chi connectivity index (χ1n) is 7.39. The van der Waals surface area contributed by atoms with Gasteiger partial charge in [0.25, 0.3) is 0 Å². The maximum absolute atomic E-state index is 12.8. The fraction of sp³-hybridized carbons (Fsp3) is 0.412. The van der Waals surface area contributed by atoms with E-state index in [1.54, 1.807) is 0 Å². The molecule has 0 atom stereocenters. The summed E-state index contributed by atoms with van der Waals surface area (Å²) in [7, 11) is 0. The third-order valence-electron chi connectivity index (χ3n) is 4.39. The predicted molar refractivity (Wildman–Crippen MR) is 83.7 cm³/mol. The number of nitrogens with zero attached hydrogens (tertiary/aromatic N) is 2. The third-order valence-corrected chi connectivity index (χ3v) is 4.88. The van der Waals surface area contributed by atoms with Gasteiger partial charge in [-0.1, -0.05) is 41.9 Å². The van der Waals surface area contributed by atoms with Crippen LogP contribution in [0.4, 0.5) is 0 Å². The van der Waals surface area contributed by atoms with Gasteiger partial charge in [0.2, 0.25) is 0 Å². The van der Waals surface area contributed by atoms with E-state index in [4.69, 9.17) is 11.6 Å². The zero-order valence-electron chi connectivity index (χ0n) is 12.4. The van der Waals surface area contributed by atoms with Crippen LogP contribution in [0.25, 0.3) is 0 Å². The lowest BCUT2D eigenvalue weighted by molar-refractivity contribution is -0.120. The topological polar surface area (TPSA) is 34.9 Å². The highest BCUT2D eigenvalue weighted by molar-refractivity contribution is 6.32. The first-order valence-corrected chi connectivity index (χ1v) is 7.77. The lowest BCUT2D eigenvalue weighted by Gasteiger charge is -2.15. The number of benzene rings is 1. The van der Waals surface area contributed by atoms with Gasteiger partial charge in [-0.15, -0.1) is 0 Å². The molecule has 21 heavy (non-hydrogen) atoms. The lowest BCUT2D eigenvalue weighted by atomic mass is 9.89. The zero-order valence-corrected chi connectivity index (χ0v) is 13.2. The number of Topliss-reactive ketones (excluding diaryl/α,β-unsaturated/α-hetero) is 1. The summed E-state index contributed by atoms with van der Waals surface area (Å²) in [5, 5.41) is 5.02. The predicted octanol–water partition coefficient (Wildman–Crippen LogP) is 3.71. The molecule has 1 aliphatic carbocycles. The molecular weight excluding hydrogens is 284 g/mol. The van der Waals surface area contributed by atoms with Gasteiger partial charge in [-0.05, 0) is 32.3 Å². The molecule has 0 radical (unpaired) electrons.